The molecule has 6 heteroatoms. The molecule has 106 valence electrons. The van der Waals surface area contributed by atoms with E-state index < -0.39 is 23.4 Å². The van der Waals surface area contributed by atoms with E-state index in [1.54, 1.807) is 20.2 Å². The number of nitrogens with one attached hydrogen (secondary N) is 1. The summed E-state index contributed by atoms with van der Waals surface area (Å²) in [5.74, 6) is -1.81. The molecule has 2 aromatic rings. The second kappa shape index (κ2) is 5.92. The van der Waals surface area contributed by atoms with Gasteiger partial charge in [0.1, 0.15) is 0 Å². The van der Waals surface area contributed by atoms with Crippen LogP contribution in [0.5, 0.6) is 0 Å². The number of aryl methyl sites for hydroxylation is 1. The van der Waals surface area contributed by atoms with Gasteiger partial charge in [-0.05, 0) is 25.6 Å². The molecule has 0 radical (unpaired) electrons. The second-order valence-corrected chi connectivity index (χ2v) is 4.55. The number of halogens is 2. The summed E-state index contributed by atoms with van der Waals surface area (Å²) < 4.78 is 28.5. The highest BCUT2D eigenvalue weighted by Crippen LogP contribution is 2.20. The van der Waals surface area contributed by atoms with Gasteiger partial charge in [-0.1, -0.05) is 12.1 Å². The maximum absolute atomic E-state index is 13.8. The molecule has 1 heterocycles. The minimum atomic E-state index is -0.905. The molecule has 0 bridgehead atoms. The van der Waals surface area contributed by atoms with E-state index in [1.807, 2.05) is 0 Å². The zero-order valence-corrected chi connectivity index (χ0v) is 11.2. The summed E-state index contributed by atoms with van der Waals surface area (Å²) in [7, 11) is 1.63. The maximum Gasteiger partial charge on any atom is 0.347 e. The summed E-state index contributed by atoms with van der Waals surface area (Å²) in [6.45, 7) is 1.98. The summed E-state index contributed by atoms with van der Waals surface area (Å²) >= 11 is 0. The van der Waals surface area contributed by atoms with Crippen LogP contribution in [0.15, 0.2) is 35.4 Å². The molecule has 0 aliphatic rings. The number of likely N-dealkylation sites (N-methyl/N-ethyl adjacent to an activating group) is 1. The highest BCUT2D eigenvalue weighted by atomic mass is 19.2. The Morgan fingerprint density at radius 3 is 2.85 bits per heavy atom. The van der Waals surface area contributed by atoms with E-state index in [4.69, 9.17) is 0 Å². The molecule has 20 heavy (non-hydrogen) atoms. The van der Waals surface area contributed by atoms with E-state index in [-0.39, 0.29) is 12.1 Å². The lowest BCUT2D eigenvalue weighted by Crippen LogP contribution is -2.30. The minimum absolute atomic E-state index is 0.171. The van der Waals surface area contributed by atoms with Gasteiger partial charge in [-0.2, -0.15) is 0 Å². The summed E-state index contributed by atoms with van der Waals surface area (Å²) in [5.41, 5.74) is 0.577. The van der Waals surface area contributed by atoms with Crippen LogP contribution in [0.1, 0.15) is 17.2 Å². The van der Waals surface area contributed by atoms with E-state index in [9.17, 15) is 13.6 Å². The van der Waals surface area contributed by atoms with Gasteiger partial charge in [0.25, 0.3) is 0 Å². The molecular formula is C14H15F2N3O. The summed E-state index contributed by atoms with van der Waals surface area (Å²) in [4.78, 5) is 15.4. The Hall–Kier alpha value is -2.08. The van der Waals surface area contributed by atoms with Gasteiger partial charge < -0.3 is 5.32 Å². The number of nitrogens with zero attached hydrogens (tertiary/aromatic N) is 2. The average molecular weight is 279 g/mol. The zero-order chi connectivity index (χ0) is 14.7. The normalized spacial score (nSPS) is 12.4. The van der Waals surface area contributed by atoms with E-state index in [2.05, 4.69) is 10.3 Å². The summed E-state index contributed by atoms with van der Waals surface area (Å²) in [5, 5.41) is 2.89. The molecule has 1 aromatic carbocycles. The number of aromatic nitrogens is 2. The van der Waals surface area contributed by atoms with Crippen LogP contribution in [0, 0.1) is 18.6 Å². The predicted octanol–water partition coefficient (Wildman–Crippen LogP) is 1.79. The molecule has 4 nitrogen and oxygen atoms in total. The number of hydrogen-bond donors (Lipinski definition) is 1. The average Bonchev–Trinajstić information content (AvgIpc) is 2.43. The first kappa shape index (κ1) is 14.3. The van der Waals surface area contributed by atoms with Crippen LogP contribution in [-0.4, -0.2) is 16.6 Å². The van der Waals surface area contributed by atoms with Crippen molar-refractivity contribution in [2.75, 3.05) is 7.05 Å². The molecule has 0 aliphatic heterocycles. The summed E-state index contributed by atoms with van der Waals surface area (Å²) in [6.07, 6.45) is 3.10. The Morgan fingerprint density at radius 1 is 1.40 bits per heavy atom. The van der Waals surface area contributed by atoms with Crippen LogP contribution in [0.2, 0.25) is 0 Å². The smallest absolute Gasteiger partial charge is 0.311 e. The molecule has 0 spiro atoms. The molecule has 0 amide bonds. The lowest BCUT2D eigenvalue weighted by Gasteiger charge is -2.18. The van der Waals surface area contributed by atoms with Crippen molar-refractivity contribution < 1.29 is 8.78 Å². The first-order valence-corrected chi connectivity index (χ1v) is 6.17. The van der Waals surface area contributed by atoms with Crippen LogP contribution < -0.4 is 11.0 Å². The van der Waals surface area contributed by atoms with Crippen molar-refractivity contribution in [3.63, 3.8) is 0 Å². The Kier molecular flexibility index (Phi) is 4.24. The summed E-state index contributed by atoms with van der Waals surface area (Å²) in [6, 6.07) is 3.47. The third kappa shape index (κ3) is 2.91. The van der Waals surface area contributed by atoms with Crippen molar-refractivity contribution in [3.05, 3.63) is 63.8 Å². The highest BCUT2D eigenvalue weighted by Gasteiger charge is 2.17. The fourth-order valence-electron chi connectivity index (χ4n) is 2.03. The quantitative estimate of drug-likeness (QED) is 0.928. The molecule has 0 fully saturated rings. The zero-order valence-electron chi connectivity index (χ0n) is 11.2. The van der Waals surface area contributed by atoms with Crippen LogP contribution in [0.3, 0.4) is 0 Å². The third-order valence-electron chi connectivity index (χ3n) is 3.07. The molecule has 0 saturated carbocycles. The predicted molar refractivity (Wildman–Crippen MR) is 71.4 cm³/mol. The lowest BCUT2D eigenvalue weighted by atomic mass is 10.1. The highest BCUT2D eigenvalue weighted by molar-refractivity contribution is 5.22. The number of hydrogen-bond acceptors (Lipinski definition) is 3. The van der Waals surface area contributed by atoms with Crippen molar-refractivity contribution in [3.8, 4) is 0 Å². The van der Waals surface area contributed by atoms with Crippen molar-refractivity contribution in [1.82, 2.24) is 14.9 Å². The largest absolute Gasteiger partial charge is 0.347 e. The standard InChI is InChI=1S/C14H15F2N3O/c1-9-6-18-14(20)19(7-9)8-12(17-2)10-4-3-5-11(15)13(10)16/h3-7,12,17H,8H2,1-2H3. The van der Waals surface area contributed by atoms with E-state index in [0.29, 0.717) is 0 Å². The Morgan fingerprint density at radius 2 is 2.15 bits per heavy atom. The fourth-order valence-corrected chi connectivity index (χ4v) is 2.03. The molecule has 1 atom stereocenters. The van der Waals surface area contributed by atoms with Gasteiger partial charge in [0.15, 0.2) is 11.6 Å². The van der Waals surface area contributed by atoms with E-state index >= 15 is 0 Å². The van der Waals surface area contributed by atoms with Gasteiger partial charge >= 0.3 is 5.69 Å². The fraction of sp³-hybridized carbons (Fsp3) is 0.286. The van der Waals surface area contributed by atoms with Crippen LogP contribution in [0.4, 0.5) is 8.78 Å². The van der Waals surface area contributed by atoms with Crippen molar-refractivity contribution >= 4 is 0 Å². The molecule has 1 N–H and O–H groups in total. The molecule has 0 saturated heterocycles. The molecule has 2 rings (SSSR count). The minimum Gasteiger partial charge on any atom is -0.311 e. The Labute approximate surface area is 115 Å². The topological polar surface area (TPSA) is 46.9 Å². The van der Waals surface area contributed by atoms with E-state index in [0.717, 1.165) is 11.6 Å². The monoisotopic (exact) mass is 279 g/mol. The van der Waals surface area contributed by atoms with E-state index in [1.165, 1.54) is 22.9 Å². The Balaban J connectivity index is 2.36. The molecular weight excluding hydrogens is 264 g/mol. The first-order valence-electron chi connectivity index (χ1n) is 6.17. The molecule has 0 aliphatic carbocycles. The lowest BCUT2D eigenvalue weighted by molar-refractivity contribution is 0.439. The third-order valence-corrected chi connectivity index (χ3v) is 3.07. The van der Waals surface area contributed by atoms with Crippen LogP contribution in [-0.2, 0) is 6.54 Å². The Bertz CT molecular complexity index is 670. The maximum atomic E-state index is 13.8. The van der Waals surface area contributed by atoms with Gasteiger partial charge in [-0.15, -0.1) is 0 Å². The van der Waals surface area contributed by atoms with Crippen molar-refractivity contribution in [2.45, 2.75) is 19.5 Å². The SMILES string of the molecule is CNC(Cn1cc(C)cnc1=O)c1cccc(F)c1F. The van der Waals surface area contributed by atoms with Crippen molar-refractivity contribution in [2.24, 2.45) is 0 Å². The molecule has 1 unspecified atom stereocenters. The van der Waals surface area contributed by atoms with Gasteiger partial charge in [-0.25, -0.2) is 18.6 Å². The van der Waals surface area contributed by atoms with Gasteiger partial charge in [0.05, 0.1) is 6.04 Å². The van der Waals surface area contributed by atoms with Crippen molar-refractivity contribution in [1.29, 1.82) is 0 Å². The number of rotatable bonds is 4. The number of benzene rings is 1. The van der Waals surface area contributed by atoms with Gasteiger partial charge in [-0.3, -0.25) is 4.57 Å². The van der Waals surface area contributed by atoms with Crippen LogP contribution in [0.25, 0.3) is 0 Å². The molecule has 1 aromatic heterocycles. The van der Waals surface area contributed by atoms with Crippen LogP contribution >= 0.6 is 0 Å². The second-order valence-electron chi connectivity index (χ2n) is 4.55. The first-order chi connectivity index (χ1) is 9.52. The van der Waals surface area contributed by atoms with Gasteiger partial charge in [0, 0.05) is 24.5 Å². The van der Waals surface area contributed by atoms with Gasteiger partial charge in [0.2, 0.25) is 0 Å².